The van der Waals surface area contributed by atoms with Gasteiger partial charge in [0.25, 0.3) is 0 Å². The van der Waals surface area contributed by atoms with Crippen LogP contribution >= 0.6 is 0 Å². The topological polar surface area (TPSA) is 62.3 Å². The first kappa shape index (κ1) is 15.9. The summed E-state index contributed by atoms with van der Waals surface area (Å²) in [5.74, 6) is 0.583. The molecule has 0 fully saturated rings. The van der Waals surface area contributed by atoms with E-state index in [2.05, 4.69) is 10.3 Å². The predicted octanol–water partition coefficient (Wildman–Crippen LogP) is 2.32. The van der Waals surface area contributed by atoms with E-state index < -0.39 is 10.0 Å². The lowest BCUT2D eigenvalue weighted by molar-refractivity contribution is 0.368. The molecule has 0 saturated carbocycles. The number of nitrogens with one attached hydrogen (secondary N) is 1. The summed E-state index contributed by atoms with van der Waals surface area (Å²) in [5, 5.41) is 3.02. The molecule has 0 aliphatic carbocycles. The SMILES string of the molecule is CCCC(C)N(C)S(=O)(=O)c1ccnc(NCC)c1. The second kappa shape index (κ2) is 6.86. The summed E-state index contributed by atoms with van der Waals surface area (Å²) in [6.07, 6.45) is 3.32. The van der Waals surface area contributed by atoms with Crippen LogP contribution in [0.5, 0.6) is 0 Å². The lowest BCUT2D eigenvalue weighted by Crippen LogP contribution is -2.35. The van der Waals surface area contributed by atoms with Crippen LogP contribution < -0.4 is 5.32 Å². The summed E-state index contributed by atoms with van der Waals surface area (Å²) in [6, 6.07) is 3.10. The number of rotatable bonds is 7. The first-order valence-electron chi connectivity index (χ1n) is 6.61. The molecular weight excluding hydrogens is 262 g/mol. The first-order chi connectivity index (χ1) is 8.93. The van der Waals surface area contributed by atoms with Gasteiger partial charge >= 0.3 is 0 Å². The average molecular weight is 285 g/mol. The van der Waals surface area contributed by atoms with Crippen molar-refractivity contribution in [3.63, 3.8) is 0 Å². The Morgan fingerprint density at radius 3 is 2.68 bits per heavy atom. The fourth-order valence-electron chi connectivity index (χ4n) is 1.85. The molecule has 1 aromatic heterocycles. The number of pyridine rings is 1. The monoisotopic (exact) mass is 285 g/mol. The minimum absolute atomic E-state index is 0.00857. The Hall–Kier alpha value is -1.14. The maximum absolute atomic E-state index is 12.5. The third-order valence-electron chi connectivity index (χ3n) is 3.09. The molecule has 1 unspecified atom stereocenters. The van der Waals surface area contributed by atoms with Gasteiger partial charge in [0.15, 0.2) is 0 Å². The minimum Gasteiger partial charge on any atom is -0.370 e. The average Bonchev–Trinajstić information content (AvgIpc) is 2.39. The van der Waals surface area contributed by atoms with Gasteiger partial charge in [0.2, 0.25) is 10.0 Å². The molecule has 5 nitrogen and oxygen atoms in total. The highest BCUT2D eigenvalue weighted by molar-refractivity contribution is 7.89. The molecule has 1 atom stereocenters. The molecule has 0 spiro atoms. The van der Waals surface area contributed by atoms with Gasteiger partial charge in [-0.2, -0.15) is 4.31 Å². The number of anilines is 1. The number of sulfonamides is 1. The number of hydrogen-bond donors (Lipinski definition) is 1. The second-order valence-corrected chi connectivity index (χ2v) is 6.56. The van der Waals surface area contributed by atoms with Crippen LogP contribution in [0.15, 0.2) is 23.2 Å². The van der Waals surface area contributed by atoms with Crippen LogP contribution in [0.4, 0.5) is 5.82 Å². The standard InChI is InChI=1S/C13H23N3O2S/c1-5-7-11(3)16(4)19(17,18)12-8-9-15-13(10-12)14-6-2/h8-11H,5-7H2,1-4H3,(H,14,15). The molecule has 0 bridgehead atoms. The predicted molar refractivity (Wildman–Crippen MR) is 77.7 cm³/mol. The van der Waals surface area contributed by atoms with Crippen LogP contribution in [-0.2, 0) is 10.0 Å². The molecule has 1 heterocycles. The molecule has 1 N–H and O–H groups in total. The zero-order valence-electron chi connectivity index (χ0n) is 12.0. The minimum atomic E-state index is -3.45. The Kier molecular flexibility index (Phi) is 5.75. The van der Waals surface area contributed by atoms with Gasteiger partial charge in [0.1, 0.15) is 5.82 Å². The van der Waals surface area contributed by atoms with Crippen LogP contribution in [0.25, 0.3) is 0 Å². The van der Waals surface area contributed by atoms with Crippen molar-refractivity contribution in [1.29, 1.82) is 0 Å². The highest BCUT2D eigenvalue weighted by Crippen LogP contribution is 2.20. The molecule has 108 valence electrons. The highest BCUT2D eigenvalue weighted by atomic mass is 32.2. The van der Waals surface area contributed by atoms with Crippen LogP contribution in [0.3, 0.4) is 0 Å². The lowest BCUT2D eigenvalue weighted by atomic mass is 10.2. The Labute approximate surface area is 116 Å². The summed E-state index contributed by atoms with van der Waals surface area (Å²) < 4.78 is 26.4. The van der Waals surface area contributed by atoms with Crippen molar-refractivity contribution in [3.8, 4) is 0 Å². The lowest BCUT2D eigenvalue weighted by Gasteiger charge is -2.24. The van der Waals surface area contributed by atoms with E-state index in [-0.39, 0.29) is 10.9 Å². The van der Waals surface area contributed by atoms with Crippen LogP contribution in [0.1, 0.15) is 33.6 Å². The molecule has 0 amide bonds. The normalized spacial score (nSPS) is 13.5. The van der Waals surface area contributed by atoms with Crippen LogP contribution in [0.2, 0.25) is 0 Å². The van der Waals surface area contributed by atoms with E-state index in [9.17, 15) is 8.42 Å². The Bertz CT molecular complexity index is 502. The fraction of sp³-hybridized carbons (Fsp3) is 0.615. The van der Waals surface area contributed by atoms with Crippen molar-refractivity contribution in [3.05, 3.63) is 18.3 Å². The summed E-state index contributed by atoms with van der Waals surface area (Å²) >= 11 is 0. The van der Waals surface area contributed by atoms with E-state index in [1.165, 1.54) is 16.6 Å². The van der Waals surface area contributed by atoms with Crippen molar-refractivity contribution in [2.75, 3.05) is 18.9 Å². The van der Waals surface area contributed by atoms with Gasteiger partial charge < -0.3 is 5.32 Å². The molecule has 1 aromatic rings. The molecular formula is C13H23N3O2S. The third-order valence-corrected chi connectivity index (χ3v) is 5.06. The second-order valence-electron chi connectivity index (χ2n) is 4.57. The fourth-order valence-corrected chi connectivity index (χ4v) is 3.26. The van der Waals surface area contributed by atoms with Crippen molar-refractivity contribution in [1.82, 2.24) is 9.29 Å². The Balaban J connectivity index is 3.02. The number of nitrogens with zero attached hydrogens (tertiary/aromatic N) is 2. The van der Waals surface area contributed by atoms with Crippen molar-refractivity contribution in [2.24, 2.45) is 0 Å². The van der Waals surface area contributed by atoms with Crippen LogP contribution in [0, 0.1) is 0 Å². The van der Waals surface area contributed by atoms with Crippen molar-refractivity contribution >= 4 is 15.8 Å². The zero-order valence-corrected chi connectivity index (χ0v) is 12.9. The van der Waals surface area contributed by atoms with E-state index in [1.807, 2.05) is 20.8 Å². The smallest absolute Gasteiger partial charge is 0.243 e. The van der Waals surface area contributed by atoms with Gasteiger partial charge in [-0.1, -0.05) is 13.3 Å². The molecule has 0 radical (unpaired) electrons. The molecule has 19 heavy (non-hydrogen) atoms. The molecule has 6 heteroatoms. The third kappa shape index (κ3) is 3.91. The molecule has 0 saturated heterocycles. The van der Waals surface area contributed by atoms with Crippen molar-refractivity contribution in [2.45, 2.75) is 44.6 Å². The molecule has 1 rings (SSSR count). The number of hydrogen-bond acceptors (Lipinski definition) is 4. The van der Waals surface area contributed by atoms with E-state index in [0.717, 1.165) is 12.8 Å². The van der Waals surface area contributed by atoms with E-state index in [1.54, 1.807) is 13.1 Å². The maximum Gasteiger partial charge on any atom is 0.243 e. The van der Waals surface area contributed by atoms with Gasteiger partial charge in [-0.15, -0.1) is 0 Å². The summed E-state index contributed by atoms with van der Waals surface area (Å²) in [5.41, 5.74) is 0. The highest BCUT2D eigenvalue weighted by Gasteiger charge is 2.25. The van der Waals surface area contributed by atoms with Crippen LogP contribution in [-0.4, -0.2) is 37.3 Å². The number of aromatic nitrogens is 1. The van der Waals surface area contributed by atoms with Gasteiger partial charge in [-0.05, 0) is 26.3 Å². The molecule has 0 aromatic carbocycles. The Morgan fingerprint density at radius 1 is 1.42 bits per heavy atom. The van der Waals surface area contributed by atoms with Crippen molar-refractivity contribution < 1.29 is 8.42 Å². The molecule has 0 aliphatic heterocycles. The summed E-state index contributed by atoms with van der Waals surface area (Å²) in [7, 11) is -1.82. The molecule has 0 aliphatic rings. The first-order valence-corrected chi connectivity index (χ1v) is 8.05. The Morgan fingerprint density at radius 2 is 2.11 bits per heavy atom. The van der Waals surface area contributed by atoms with Gasteiger partial charge in [-0.3, -0.25) is 0 Å². The van der Waals surface area contributed by atoms with E-state index in [4.69, 9.17) is 0 Å². The summed E-state index contributed by atoms with van der Waals surface area (Å²) in [4.78, 5) is 4.37. The largest absolute Gasteiger partial charge is 0.370 e. The van der Waals surface area contributed by atoms with Gasteiger partial charge in [-0.25, -0.2) is 13.4 Å². The van der Waals surface area contributed by atoms with Gasteiger partial charge in [0.05, 0.1) is 4.90 Å². The van der Waals surface area contributed by atoms with E-state index in [0.29, 0.717) is 12.4 Å². The van der Waals surface area contributed by atoms with Gasteiger partial charge in [0, 0.05) is 31.9 Å². The zero-order chi connectivity index (χ0) is 14.5. The summed E-state index contributed by atoms with van der Waals surface area (Å²) in [6.45, 7) is 6.62. The maximum atomic E-state index is 12.5. The quantitative estimate of drug-likeness (QED) is 0.835. The van der Waals surface area contributed by atoms with E-state index >= 15 is 0 Å².